The number of piperidine rings is 1. The molecule has 29 heavy (non-hydrogen) atoms. The van der Waals surface area contributed by atoms with Crippen molar-refractivity contribution in [2.45, 2.75) is 51.2 Å². The molecule has 2 saturated heterocycles. The Morgan fingerprint density at radius 2 is 2.14 bits per heavy atom. The molecule has 0 saturated carbocycles. The molecule has 0 bridgehead atoms. The van der Waals surface area contributed by atoms with Gasteiger partial charge in [0.1, 0.15) is 5.82 Å². The summed E-state index contributed by atoms with van der Waals surface area (Å²) in [7, 11) is 0. The maximum atomic E-state index is 12.8. The standard InChI is InChI=1S/C21H26N6O2/c1-14-4-5-17-18(11-14)23-20(22-17)15-6-8-26(9-7-15)21(28)19-13-27(25-24-19)12-16-3-2-10-29-16/h4-5,11,13,15-16H,2-3,6-10,12H2,1H3,(H,22,23)/t16-/m1/s1. The molecule has 2 aromatic heterocycles. The highest BCUT2D eigenvalue weighted by Gasteiger charge is 2.28. The number of aromatic amines is 1. The molecule has 2 fully saturated rings. The van der Waals surface area contributed by atoms with Crippen LogP contribution in [0.15, 0.2) is 24.4 Å². The number of aryl methyl sites for hydroxylation is 1. The number of rotatable bonds is 4. The largest absolute Gasteiger partial charge is 0.376 e. The molecule has 5 rings (SSSR count). The number of likely N-dealkylation sites (tertiary alicyclic amines) is 1. The predicted octanol–water partition coefficient (Wildman–Crippen LogP) is 2.66. The fraction of sp³-hybridized carbons (Fsp3) is 0.524. The lowest BCUT2D eigenvalue weighted by Gasteiger charge is -2.30. The minimum absolute atomic E-state index is 0.0396. The van der Waals surface area contributed by atoms with E-state index in [1.54, 1.807) is 10.9 Å². The first-order chi connectivity index (χ1) is 14.2. The monoisotopic (exact) mass is 394 g/mol. The Hall–Kier alpha value is -2.74. The van der Waals surface area contributed by atoms with Gasteiger partial charge < -0.3 is 14.6 Å². The number of ether oxygens (including phenoxy) is 1. The van der Waals surface area contributed by atoms with Gasteiger partial charge in [0.05, 0.1) is 29.9 Å². The van der Waals surface area contributed by atoms with E-state index in [0.29, 0.717) is 31.2 Å². The molecule has 0 radical (unpaired) electrons. The Kier molecular flexibility index (Phi) is 4.79. The van der Waals surface area contributed by atoms with Crippen molar-refractivity contribution in [1.82, 2.24) is 29.9 Å². The second-order valence-corrected chi connectivity index (χ2v) is 8.17. The van der Waals surface area contributed by atoms with Crippen LogP contribution in [0, 0.1) is 6.92 Å². The lowest BCUT2D eigenvalue weighted by molar-refractivity contribution is 0.0704. The summed E-state index contributed by atoms with van der Waals surface area (Å²) < 4.78 is 7.36. The van der Waals surface area contributed by atoms with Gasteiger partial charge in [-0.3, -0.25) is 4.79 Å². The van der Waals surface area contributed by atoms with Crippen molar-refractivity contribution in [3.8, 4) is 0 Å². The first-order valence-electron chi connectivity index (χ1n) is 10.4. The van der Waals surface area contributed by atoms with Gasteiger partial charge >= 0.3 is 0 Å². The van der Waals surface area contributed by atoms with Crippen molar-refractivity contribution in [1.29, 1.82) is 0 Å². The number of carbonyl (C=O) groups excluding carboxylic acids is 1. The summed E-state index contributed by atoms with van der Waals surface area (Å²) in [5.41, 5.74) is 3.73. The molecule has 2 aliphatic heterocycles. The summed E-state index contributed by atoms with van der Waals surface area (Å²) in [6, 6.07) is 6.27. The first kappa shape index (κ1) is 18.3. The van der Waals surface area contributed by atoms with Crippen molar-refractivity contribution in [3.63, 3.8) is 0 Å². The molecule has 1 aromatic carbocycles. The maximum Gasteiger partial charge on any atom is 0.276 e. The van der Waals surface area contributed by atoms with Crippen LogP contribution in [0.25, 0.3) is 11.0 Å². The molecule has 152 valence electrons. The average Bonchev–Trinajstić information content (AvgIpc) is 3.48. The van der Waals surface area contributed by atoms with Gasteiger partial charge in [-0.25, -0.2) is 9.67 Å². The number of H-pyrrole nitrogens is 1. The highest BCUT2D eigenvalue weighted by Crippen LogP contribution is 2.28. The van der Waals surface area contributed by atoms with Crippen LogP contribution in [0.2, 0.25) is 0 Å². The number of amides is 1. The third-order valence-corrected chi connectivity index (χ3v) is 6.00. The average molecular weight is 394 g/mol. The van der Waals surface area contributed by atoms with Crippen molar-refractivity contribution in [3.05, 3.63) is 41.5 Å². The number of fused-ring (bicyclic) bond motifs is 1. The molecule has 8 heteroatoms. The molecule has 0 spiro atoms. The fourth-order valence-electron chi connectivity index (χ4n) is 4.34. The van der Waals surface area contributed by atoms with E-state index >= 15 is 0 Å². The smallest absolute Gasteiger partial charge is 0.276 e. The minimum Gasteiger partial charge on any atom is -0.376 e. The van der Waals surface area contributed by atoms with Gasteiger partial charge in [-0.05, 0) is 50.3 Å². The normalized spacial score (nSPS) is 20.6. The summed E-state index contributed by atoms with van der Waals surface area (Å²) in [5, 5.41) is 8.21. The van der Waals surface area contributed by atoms with Crippen molar-refractivity contribution >= 4 is 16.9 Å². The number of imidazole rings is 1. The summed E-state index contributed by atoms with van der Waals surface area (Å²) in [4.78, 5) is 22.9. The van der Waals surface area contributed by atoms with Crippen LogP contribution in [-0.4, -0.2) is 61.6 Å². The zero-order valence-corrected chi connectivity index (χ0v) is 16.7. The van der Waals surface area contributed by atoms with Gasteiger partial charge in [0.2, 0.25) is 0 Å². The Balaban J connectivity index is 1.20. The Morgan fingerprint density at radius 1 is 1.28 bits per heavy atom. The van der Waals surface area contributed by atoms with E-state index in [1.165, 1.54) is 5.56 Å². The first-order valence-corrected chi connectivity index (χ1v) is 10.4. The molecule has 0 aliphatic carbocycles. The van der Waals surface area contributed by atoms with E-state index in [4.69, 9.17) is 9.72 Å². The SMILES string of the molecule is Cc1ccc2nc(C3CCN(C(=O)c4cn(C[C@H]5CCCO5)nn4)CC3)[nH]c2c1. The van der Waals surface area contributed by atoms with E-state index in [-0.39, 0.29) is 12.0 Å². The summed E-state index contributed by atoms with van der Waals surface area (Å²) in [5.74, 6) is 1.34. The third kappa shape index (κ3) is 3.76. The number of carbonyl (C=O) groups is 1. The van der Waals surface area contributed by atoms with E-state index in [2.05, 4.69) is 40.4 Å². The second kappa shape index (κ2) is 7.59. The topological polar surface area (TPSA) is 88.9 Å². The van der Waals surface area contributed by atoms with Crippen LogP contribution in [0.3, 0.4) is 0 Å². The Morgan fingerprint density at radius 3 is 2.93 bits per heavy atom. The van der Waals surface area contributed by atoms with Crippen molar-refractivity contribution in [2.24, 2.45) is 0 Å². The highest BCUT2D eigenvalue weighted by molar-refractivity contribution is 5.92. The van der Waals surface area contributed by atoms with Gasteiger partial charge in [-0.15, -0.1) is 5.10 Å². The van der Waals surface area contributed by atoms with Crippen LogP contribution in [0.1, 0.15) is 53.5 Å². The van der Waals surface area contributed by atoms with E-state index in [1.807, 2.05) is 4.90 Å². The minimum atomic E-state index is -0.0396. The molecule has 8 nitrogen and oxygen atoms in total. The molecule has 2 aliphatic rings. The Bertz CT molecular complexity index is 1010. The van der Waals surface area contributed by atoms with Gasteiger partial charge in [0.15, 0.2) is 5.69 Å². The summed E-state index contributed by atoms with van der Waals surface area (Å²) in [6.45, 7) is 4.97. The molecular weight excluding hydrogens is 368 g/mol. The van der Waals surface area contributed by atoms with Crippen molar-refractivity contribution < 1.29 is 9.53 Å². The van der Waals surface area contributed by atoms with E-state index < -0.39 is 0 Å². The zero-order chi connectivity index (χ0) is 19.8. The molecule has 1 amide bonds. The van der Waals surface area contributed by atoms with Gasteiger partial charge in [-0.2, -0.15) is 0 Å². The van der Waals surface area contributed by atoms with Gasteiger partial charge in [0.25, 0.3) is 5.91 Å². The molecular formula is C21H26N6O2. The number of nitrogens with zero attached hydrogens (tertiary/aromatic N) is 5. The molecule has 0 unspecified atom stereocenters. The predicted molar refractivity (Wildman–Crippen MR) is 108 cm³/mol. The second-order valence-electron chi connectivity index (χ2n) is 8.17. The van der Waals surface area contributed by atoms with Crippen LogP contribution in [0.4, 0.5) is 0 Å². The number of hydrogen-bond donors (Lipinski definition) is 1. The number of benzene rings is 1. The molecule has 1 atom stereocenters. The lowest BCUT2D eigenvalue weighted by atomic mass is 9.96. The van der Waals surface area contributed by atoms with Crippen LogP contribution < -0.4 is 0 Å². The quantitative estimate of drug-likeness (QED) is 0.735. The molecule has 3 aromatic rings. The number of hydrogen-bond acceptors (Lipinski definition) is 5. The van der Waals surface area contributed by atoms with Gasteiger partial charge in [-0.1, -0.05) is 11.3 Å². The third-order valence-electron chi connectivity index (χ3n) is 6.00. The highest BCUT2D eigenvalue weighted by atomic mass is 16.5. The van der Waals surface area contributed by atoms with E-state index in [0.717, 1.165) is 49.1 Å². The van der Waals surface area contributed by atoms with Crippen LogP contribution >= 0.6 is 0 Å². The summed E-state index contributed by atoms with van der Waals surface area (Å²) >= 11 is 0. The summed E-state index contributed by atoms with van der Waals surface area (Å²) in [6.07, 6.45) is 5.85. The van der Waals surface area contributed by atoms with E-state index in [9.17, 15) is 4.79 Å². The number of aromatic nitrogens is 5. The van der Waals surface area contributed by atoms with Crippen LogP contribution in [-0.2, 0) is 11.3 Å². The zero-order valence-electron chi connectivity index (χ0n) is 16.7. The maximum absolute atomic E-state index is 12.8. The number of nitrogens with one attached hydrogen (secondary N) is 1. The fourth-order valence-corrected chi connectivity index (χ4v) is 4.34. The van der Waals surface area contributed by atoms with Crippen molar-refractivity contribution in [2.75, 3.05) is 19.7 Å². The molecule has 1 N–H and O–H groups in total. The Labute approximate surface area is 169 Å². The molecule has 4 heterocycles. The lowest BCUT2D eigenvalue weighted by Crippen LogP contribution is -2.38. The van der Waals surface area contributed by atoms with Crippen LogP contribution in [0.5, 0.6) is 0 Å². The van der Waals surface area contributed by atoms with Gasteiger partial charge in [0, 0.05) is 25.6 Å².